The van der Waals surface area contributed by atoms with Crippen LogP contribution in [0.5, 0.6) is 0 Å². The second kappa shape index (κ2) is 4.22. The summed E-state index contributed by atoms with van der Waals surface area (Å²) in [5.74, 6) is 0. The van der Waals surface area contributed by atoms with E-state index in [-0.39, 0.29) is 0 Å². The minimum absolute atomic E-state index is 1.03. The predicted molar refractivity (Wildman–Crippen MR) is 69.3 cm³/mol. The van der Waals surface area contributed by atoms with Crippen LogP contribution in [0.3, 0.4) is 0 Å². The molecule has 3 nitrogen and oxygen atoms in total. The normalized spacial score (nSPS) is 10.4. The zero-order valence-electron chi connectivity index (χ0n) is 9.17. The molecule has 0 atom stereocenters. The van der Waals surface area contributed by atoms with Crippen LogP contribution in [-0.4, -0.2) is 9.97 Å². The highest BCUT2D eigenvalue weighted by molar-refractivity contribution is 5.94. The Labute approximate surface area is 99.2 Å². The number of hydrogen-bond acceptors (Lipinski definition) is 3. The molecule has 0 saturated heterocycles. The van der Waals surface area contributed by atoms with Crippen LogP contribution >= 0.6 is 0 Å². The van der Waals surface area contributed by atoms with E-state index in [2.05, 4.69) is 27.4 Å². The van der Waals surface area contributed by atoms with Crippen LogP contribution in [0.4, 0.5) is 11.4 Å². The minimum Gasteiger partial charge on any atom is -0.355 e. The van der Waals surface area contributed by atoms with E-state index in [9.17, 15) is 0 Å². The molecular weight excluding hydrogens is 210 g/mol. The monoisotopic (exact) mass is 221 g/mol. The zero-order valence-corrected chi connectivity index (χ0v) is 9.17. The van der Waals surface area contributed by atoms with Gasteiger partial charge in [0.1, 0.15) is 0 Å². The highest BCUT2D eigenvalue weighted by Gasteiger charge is 2.00. The van der Waals surface area contributed by atoms with Crippen LogP contribution in [-0.2, 0) is 0 Å². The van der Waals surface area contributed by atoms with Crippen molar-refractivity contribution in [3.63, 3.8) is 0 Å². The van der Waals surface area contributed by atoms with Crippen molar-refractivity contribution < 1.29 is 0 Å². The third-order valence-electron chi connectivity index (χ3n) is 2.64. The fourth-order valence-corrected chi connectivity index (χ4v) is 1.82. The largest absolute Gasteiger partial charge is 0.355 e. The first kappa shape index (κ1) is 9.78. The Hall–Kier alpha value is -2.42. The van der Waals surface area contributed by atoms with Crippen molar-refractivity contribution in [1.82, 2.24) is 9.97 Å². The number of hydrogen-bond donors (Lipinski definition) is 1. The number of fused-ring (bicyclic) bond motifs is 1. The van der Waals surface area contributed by atoms with Gasteiger partial charge in [-0.25, -0.2) is 0 Å². The van der Waals surface area contributed by atoms with Crippen LogP contribution in [0, 0.1) is 0 Å². The first-order valence-corrected chi connectivity index (χ1v) is 5.43. The fraction of sp³-hybridized carbons (Fsp3) is 0. The summed E-state index contributed by atoms with van der Waals surface area (Å²) in [5.41, 5.74) is 2.11. The molecule has 82 valence electrons. The number of anilines is 2. The maximum Gasteiger partial charge on any atom is 0.0465 e. The summed E-state index contributed by atoms with van der Waals surface area (Å²) in [7, 11) is 0. The van der Waals surface area contributed by atoms with Crippen LogP contribution in [0.25, 0.3) is 10.8 Å². The topological polar surface area (TPSA) is 37.8 Å². The quantitative estimate of drug-likeness (QED) is 0.721. The molecule has 0 bridgehead atoms. The maximum atomic E-state index is 4.12. The molecule has 0 aliphatic rings. The lowest BCUT2D eigenvalue weighted by Gasteiger charge is -2.08. The van der Waals surface area contributed by atoms with Gasteiger partial charge >= 0.3 is 0 Å². The molecule has 0 saturated carbocycles. The Morgan fingerprint density at radius 2 is 1.65 bits per heavy atom. The first-order valence-electron chi connectivity index (χ1n) is 5.43. The van der Waals surface area contributed by atoms with Crippen molar-refractivity contribution >= 4 is 22.1 Å². The van der Waals surface area contributed by atoms with Crippen molar-refractivity contribution in [2.24, 2.45) is 0 Å². The Bertz CT molecular complexity index is 630. The third-order valence-corrected chi connectivity index (χ3v) is 2.64. The van der Waals surface area contributed by atoms with Crippen LogP contribution in [0.1, 0.15) is 0 Å². The Morgan fingerprint density at radius 1 is 0.824 bits per heavy atom. The van der Waals surface area contributed by atoms with Gasteiger partial charge in [0.05, 0.1) is 0 Å². The fourth-order valence-electron chi connectivity index (χ4n) is 1.82. The van der Waals surface area contributed by atoms with Gasteiger partial charge in [0.15, 0.2) is 0 Å². The van der Waals surface area contributed by atoms with Gasteiger partial charge in [-0.2, -0.15) is 0 Å². The summed E-state index contributed by atoms with van der Waals surface area (Å²) in [6.07, 6.45) is 7.22. The lowest BCUT2D eigenvalue weighted by Crippen LogP contribution is -1.91. The smallest absolute Gasteiger partial charge is 0.0465 e. The summed E-state index contributed by atoms with van der Waals surface area (Å²) >= 11 is 0. The van der Waals surface area contributed by atoms with E-state index < -0.39 is 0 Å². The van der Waals surface area contributed by atoms with E-state index in [1.54, 1.807) is 18.6 Å². The van der Waals surface area contributed by atoms with Crippen LogP contribution < -0.4 is 5.32 Å². The third kappa shape index (κ3) is 1.95. The standard InChI is InChI=1S/C14H11N3/c1-2-11-10-16-9-6-13(11)14(3-1)17-12-4-7-15-8-5-12/h1-10H,(H,15,17). The average Bonchev–Trinajstić information content (AvgIpc) is 2.40. The molecule has 1 aromatic carbocycles. The molecule has 17 heavy (non-hydrogen) atoms. The molecule has 0 radical (unpaired) electrons. The molecule has 2 aromatic heterocycles. The van der Waals surface area contributed by atoms with Gasteiger partial charge < -0.3 is 5.32 Å². The van der Waals surface area contributed by atoms with Gasteiger partial charge in [0.25, 0.3) is 0 Å². The first-order chi connectivity index (χ1) is 8.43. The molecule has 3 aromatic rings. The molecule has 0 aliphatic heterocycles. The molecule has 0 spiro atoms. The van der Waals surface area contributed by atoms with E-state index in [1.165, 1.54) is 5.39 Å². The molecule has 0 amide bonds. The van der Waals surface area contributed by atoms with Gasteiger partial charge in [0.2, 0.25) is 0 Å². The number of pyridine rings is 2. The van der Waals surface area contributed by atoms with Crippen LogP contribution in [0.2, 0.25) is 0 Å². The van der Waals surface area contributed by atoms with Crippen molar-refractivity contribution in [3.8, 4) is 0 Å². The number of rotatable bonds is 2. The number of aromatic nitrogens is 2. The SMILES string of the molecule is c1cc(Nc2ccncc2)c2ccncc2c1. The Kier molecular flexibility index (Phi) is 2.43. The summed E-state index contributed by atoms with van der Waals surface area (Å²) in [4.78, 5) is 8.12. The van der Waals surface area contributed by atoms with E-state index in [0.29, 0.717) is 0 Å². The molecule has 0 fully saturated rings. The highest BCUT2D eigenvalue weighted by Crippen LogP contribution is 2.25. The van der Waals surface area contributed by atoms with E-state index >= 15 is 0 Å². The lowest BCUT2D eigenvalue weighted by atomic mass is 10.1. The van der Waals surface area contributed by atoms with Crippen molar-refractivity contribution in [1.29, 1.82) is 0 Å². The van der Waals surface area contributed by atoms with Crippen LogP contribution in [0.15, 0.2) is 61.2 Å². The van der Waals surface area contributed by atoms with E-state index in [4.69, 9.17) is 0 Å². The van der Waals surface area contributed by atoms with Crippen molar-refractivity contribution in [3.05, 3.63) is 61.2 Å². The van der Waals surface area contributed by atoms with Crippen molar-refractivity contribution in [2.45, 2.75) is 0 Å². The van der Waals surface area contributed by atoms with Gasteiger partial charge in [-0.3, -0.25) is 9.97 Å². The predicted octanol–water partition coefficient (Wildman–Crippen LogP) is 3.37. The lowest BCUT2D eigenvalue weighted by molar-refractivity contribution is 1.32. The molecular formula is C14H11N3. The second-order valence-electron chi connectivity index (χ2n) is 3.76. The average molecular weight is 221 g/mol. The number of nitrogens with one attached hydrogen (secondary N) is 1. The van der Waals surface area contributed by atoms with Crippen molar-refractivity contribution in [2.75, 3.05) is 5.32 Å². The van der Waals surface area contributed by atoms with E-state index in [1.807, 2.05) is 30.5 Å². The number of benzene rings is 1. The molecule has 0 aliphatic carbocycles. The summed E-state index contributed by atoms with van der Waals surface area (Å²) in [6.45, 7) is 0. The summed E-state index contributed by atoms with van der Waals surface area (Å²) in [5, 5.41) is 5.68. The molecule has 3 rings (SSSR count). The summed E-state index contributed by atoms with van der Waals surface area (Å²) < 4.78 is 0. The van der Waals surface area contributed by atoms with Gasteiger partial charge in [-0.1, -0.05) is 12.1 Å². The Balaban J connectivity index is 2.06. The molecule has 1 N–H and O–H groups in total. The minimum atomic E-state index is 1.03. The molecule has 2 heterocycles. The Morgan fingerprint density at radius 3 is 2.53 bits per heavy atom. The van der Waals surface area contributed by atoms with Gasteiger partial charge in [0, 0.05) is 46.9 Å². The summed E-state index contributed by atoms with van der Waals surface area (Å²) in [6, 6.07) is 12.0. The van der Waals surface area contributed by atoms with Gasteiger partial charge in [-0.05, 0) is 24.3 Å². The van der Waals surface area contributed by atoms with Gasteiger partial charge in [-0.15, -0.1) is 0 Å². The second-order valence-corrected chi connectivity index (χ2v) is 3.76. The zero-order chi connectivity index (χ0) is 11.5. The molecule has 0 unspecified atom stereocenters. The number of nitrogens with zero attached hydrogens (tertiary/aromatic N) is 2. The van der Waals surface area contributed by atoms with E-state index in [0.717, 1.165) is 16.8 Å². The highest BCUT2D eigenvalue weighted by atomic mass is 14.9. The molecule has 3 heteroatoms. The maximum absolute atomic E-state index is 4.12.